The third kappa shape index (κ3) is 2.75. The van der Waals surface area contributed by atoms with Crippen LogP contribution in [0.4, 0.5) is 0 Å². The minimum Gasteiger partial charge on any atom is -0.328 e. The van der Waals surface area contributed by atoms with Crippen LogP contribution in [0.25, 0.3) is 0 Å². The average molecular weight is 255 g/mol. The van der Waals surface area contributed by atoms with Crippen LogP contribution in [0, 0.1) is 0 Å². The Morgan fingerprint density at radius 2 is 2.45 bits per heavy atom. The maximum atomic E-state index is 5.84. The normalized spacial score (nSPS) is 13.5. The fourth-order valence-electron chi connectivity index (χ4n) is 0.809. The molecule has 1 rings (SSSR count). The van der Waals surface area contributed by atoms with E-state index in [9.17, 15) is 0 Å². The van der Waals surface area contributed by atoms with Crippen molar-refractivity contribution >= 4 is 38.9 Å². The van der Waals surface area contributed by atoms with E-state index in [1.54, 1.807) is 11.3 Å². The van der Waals surface area contributed by atoms with Crippen molar-refractivity contribution in [2.75, 3.05) is 0 Å². The van der Waals surface area contributed by atoms with Gasteiger partial charge < -0.3 is 5.73 Å². The van der Waals surface area contributed by atoms with Gasteiger partial charge in [-0.3, -0.25) is 0 Å². The molecule has 1 aromatic heterocycles. The molecule has 0 aliphatic rings. The van der Waals surface area contributed by atoms with E-state index in [1.165, 1.54) is 4.88 Å². The van der Waals surface area contributed by atoms with Gasteiger partial charge in [0.25, 0.3) is 0 Å². The summed E-state index contributed by atoms with van der Waals surface area (Å²) in [5, 5.41) is 0. The Morgan fingerprint density at radius 1 is 1.82 bits per heavy atom. The molecular formula is C7H9BrClNS. The van der Waals surface area contributed by atoms with Gasteiger partial charge in [-0.1, -0.05) is 11.6 Å². The van der Waals surface area contributed by atoms with Gasteiger partial charge in [-0.25, -0.2) is 0 Å². The smallest absolute Gasteiger partial charge is 0.107 e. The number of hydrogen-bond acceptors (Lipinski definition) is 2. The predicted molar refractivity (Wildman–Crippen MR) is 54.4 cm³/mol. The van der Waals surface area contributed by atoms with Crippen molar-refractivity contribution in [2.45, 2.75) is 19.4 Å². The standard InChI is InChI=1S/C7H9BrClNS/c1-4(10)2-5-3-6(8)7(9)11-5/h3-4H,2,10H2,1H3. The average Bonchev–Trinajstić information content (AvgIpc) is 2.10. The molecule has 2 N–H and O–H groups in total. The molecule has 1 heterocycles. The van der Waals surface area contributed by atoms with Crippen LogP contribution in [0.1, 0.15) is 11.8 Å². The summed E-state index contributed by atoms with van der Waals surface area (Å²) in [7, 11) is 0. The van der Waals surface area contributed by atoms with Crippen LogP contribution >= 0.6 is 38.9 Å². The summed E-state index contributed by atoms with van der Waals surface area (Å²) in [5.41, 5.74) is 5.63. The summed E-state index contributed by atoms with van der Waals surface area (Å²) < 4.78 is 1.78. The van der Waals surface area contributed by atoms with Gasteiger partial charge in [0, 0.05) is 15.4 Å². The lowest BCUT2D eigenvalue weighted by molar-refractivity contribution is 0.746. The Kier molecular flexibility index (Phi) is 3.37. The lowest BCUT2D eigenvalue weighted by Crippen LogP contribution is -2.16. The van der Waals surface area contributed by atoms with Crippen molar-refractivity contribution in [3.63, 3.8) is 0 Å². The van der Waals surface area contributed by atoms with Crippen LogP contribution in [0.5, 0.6) is 0 Å². The largest absolute Gasteiger partial charge is 0.328 e. The van der Waals surface area contributed by atoms with E-state index in [2.05, 4.69) is 15.9 Å². The topological polar surface area (TPSA) is 26.0 Å². The fraction of sp³-hybridized carbons (Fsp3) is 0.429. The second kappa shape index (κ2) is 3.90. The van der Waals surface area contributed by atoms with Gasteiger partial charge in [-0.2, -0.15) is 0 Å². The van der Waals surface area contributed by atoms with E-state index in [0.717, 1.165) is 15.2 Å². The minimum absolute atomic E-state index is 0.205. The van der Waals surface area contributed by atoms with E-state index in [-0.39, 0.29) is 6.04 Å². The van der Waals surface area contributed by atoms with E-state index >= 15 is 0 Å². The third-order valence-corrected chi connectivity index (χ3v) is 3.72. The molecule has 0 aliphatic carbocycles. The molecule has 1 unspecified atom stereocenters. The molecule has 0 bridgehead atoms. The van der Waals surface area contributed by atoms with Gasteiger partial charge in [0.1, 0.15) is 4.34 Å². The highest BCUT2D eigenvalue weighted by Gasteiger charge is 2.05. The molecule has 0 radical (unpaired) electrons. The number of rotatable bonds is 2. The first-order valence-corrected chi connectivity index (χ1v) is 5.27. The van der Waals surface area contributed by atoms with E-state index in [1.807, 2.05) is 13.0 Å². The van der Waals surface area contributed by atoms with Gasteiger partial charge in [-0.05, 0) is 35.3 Å². The number of halogens is 2. The zero-order valence-electron chi connectivity index (χ0n) is 6.10. The highest BCUT2D eigenvalue weighted by Crippen LogP contribution is 2.32. The Hall–Kier alpha value is 0.430. The molecule has 62 valence electrons. The van der Waals surface area contributed by atoms with Gasteiger partial charge in [0.05, 0.1) is 0 Å². The van der Waals surface area contributed by atoms with Crippen LogP contribution in [-0.2, 0) is 6.42 Å². The molecule has 4 heteroatoms. The molecular weight excluding hydrogens is 246 g/mol. The zero-order chi connectivity index (χ0) is 8.43. The molecule has 1 aromatic rings. The SMILES string of the molecule is CC(N)Cc1cc(Br)c(Cl)s1. The summed E-state index contributed by atoms with van der Waals surface area (Å²) >= 11 is 10.8. The molecule has 0 saturated heterocycles. The van der Waals surface area contributed by atoms with Gasteiger partial charge in [-0.15, -0.1) is 11.3 Å². The Bertz CT molecular complexity index is 227. The number of thiophene rings is 1. The van der Waals surface area contributed by atoms with Gasteiger partial charge in [0.2, 0.25) is 0 Å². The molecule has 11 heavy (non-hydrogen) atoms. The molecule has 0 amide bonds. The fourth-order valence-corrected chi connectivity index (χ4v) is 2.74. The lowest BCUT2D eigenvalue weighted by Gasteiger charge is -1.99. The minimum atomic E-state index is 0.205. The van der Waals surface area contributed by atoms with Crippen molar-refractivity contribution in [3.8, 4) is 0 Å². The Balaban J connectivity index is 2.73. The summed E-state index contributed by atoms with van der Waals surface area (Å²) in [6, 6.07) is 2.23. The zero-order valence-corrected chi connectivity index (χ0v) is 9.26. The molecule has 1 nitrogen and oxygen atoms in total. The second-order valence-electron chi connectivity index (χ2n) is 2.52. The number of nitrogens with two attached hydrogens (primary N) is 1. The van der Waals surface area contributed by atoms with Crippen molar-refractivity contribution in [1.82, 2.24) is 0 Å². The maximum Gasteiger partial charge on any atom is 0.107 e. The summed E-state index contributed by atoms with van der Waals surface area (Å²) in [5.74, 6) is 0. The highest BCUT2D eigenvalue weighted by atomic mass is 79.9. The van der Waals surface area contributed by atoms with Crippen LogP contribution in [0.3, 0.4) is 0 Å². The molecule has 0 aliphatic heterocycles. The highest BCUT2D eigenvalue weighted by molar-refractivity contribution is 9.10. The van der Waals surface area contributed by atoms with Crippen LogP contribution in [0.2, 0.25) is 4.34 Å². The quantitative estimate of drug-likeness (QED) is 0.862. The monoisotopic (exact) mass is 253 g/mol. The van der Waals surface area contributed by atoms with Crippen molar-refractivity contribution in [1.29, 1.82) is 0 Å². The maximum absolute atomic E-state index is 5.84. The van der Waals surface area contributed by atoms with Crippen molar-refractivity contribution < 1.29 is 0 Å². The summed E-state index contributed by atoms with van der Waals surface area (Å²) in [4.78, 5) is 1.23. The van der Waals surface area contributed by atoms with E-state index < -0.39 is 0 Å². The van der Waals surface area contributed by atoms with Crippen LogP contribution in [-0.4, -0.2) is 6.04 Å². The van der Waals surface area contributed by atoms with Crippen LogP contribution in [0.15, 0.2) is 10.5 Å². The molecule has 0 spiro atoms. The Labute approximate surface area is 83.7 Å². The summed E-state index contributed by atoms with van der Waals surface area (Å²) in [6.45, 7) is 1.99. The Morgan fingerprint density at radius 3 is 2.82 bits per heavy atom. The van der Waals surface area contributed by atoms with E-state index in [4.69, 9.17) is 17.3 Å². The second-order valence-corrected chi connectivity index (χ2v) is 5.11. The van der Waals surface area contributed by atoms with Crippen molar-refractivity contribution in [3.05, 3.63) is 19.8 Å². The first-order chi connectivity index (χ1) is 5.09. The van der Waals surface area contributed by atoms with Gasteiger partial charge in [0.15, 0.2) is 0 Å². The third-order valence-electron chi connectivity index (χ3n) is 1.22. The van der Waals surface area contributed by atoms with Crippen molar-refractivity contribution in [2.24, 2.45) is 5.73 Å². The summed E-state index contributed by atoms with van der Waals surface area (Å²) in [6.07, 6.45) is 0.899. The molecule has 0 fully saturated rings. The lowest BCUT2D eigenvalue weighted by atomic mass is 10.2. The first kappa shape index (κ1) is 9.52. The predicted octanol–water partition coefficient (Wildman–Crippen LogP) is 3.05. The number of hydrogen-bond donors (Lipinski definition) is 1. The van der Waals surface area contributed by atoms with Crippen LogP contribution < -0.4 is 5.73 Å². The molecule has 0 aromatic carbocycles. The van der Waals surface area contributed by atoms with Gasteiger partial charge >= 0.3 is 0 Å². The van der Waals surface area contributed by atoms with E-state index in [0.29, 0.717) is 0 Å². The first-order valence-electron chi connectivity index (χ1n) is 3.29. The molecule has 0 saturated carbocycles. The molecule has 1 atom stereocenters.